The fraction of sp³-hybridized carbons (Fsp3) is 0.385. The number of benzene rings is 1. The van der Waals surface area contributed by atoms with Crippen LogP contribution in [0.4, 0.5) is 5.69 Å². The molecule has 6 heteroatoms. The highest BCUT2D eigenvalue weighted by molar-refractivity contribution is 9.10. The topological polar surface area (TPSA) is 92.4 Å². The average molecular weight is 327 g/mol. The zero-order chi connectivity index (χ0) is 14.0. The monoisotopic (exact) mass is 326 g/mol. The second-order valence-electron chi connectivity index (χ2n) is 4.69. The molecule has 0 aromatic heterocycles. The molecule has 5 nitrogen and oxygen atoms in total. The fourth-order valence-electron chi connectivity index (χ4n) is 2.32. The van der Waals surface area contributed by atoms with E-state index in [1.54, 1.807) is 12.1 Å². The van der Waals surface area contributed by atoms with Gasteiger partial charge in [0.15, 0.2) is 0 Å². The molecular formula is C13H15BrN2O3. The first-order chi connectivity index (χ1) is 8.99. The van der Waals surface area contributed by atoms with Gasteiger partial charge in [-0.15, -0.1) is 0 Å². The Kier molecular flexibility index (Phi) is 4.21. The van der Waals surface area contributed by atoms with Crippen molar-refractivity contribution in [1.82, 2.24) is 0 Å². The Balaban J connectivity index is 2.13. The van der Waals surface area contributed by atoms with E-state index < -0.39 is 5.97 Å². The van der Waals surface area contributed by atoms with Gasteiger partial charge < -0.3 is 16.2 Å². The largest absolute Gasteiger partial charge is 0.478 e. The first-order valence-corrected chi connectivity index (χ1v) is 6.87. The van der Waals surface area contributed by atoms with E-state index in [0.29, 0.717) is 10.2 Å². The van der Waals surface area contributed by atoms with Gasteiger partial charge >= 0.3 is 5.97 Å². The molecule has 2 rings (SSSR count). The Labute approximate surface area is 119 Å². The summed E-state index contributed by atoms with van der Waals surface area (Å²) in [6, 6.07) is 4.60. The molecule has 0 saturated heterocycles. The summed E-state index contributed by atoms with van der Waals surface area (Å²) in [5, 5.41) is 11.7. The number of halogens is 1. The fourth-order valence-corrected chi connectivity index (χ4v) is 2.73. The summed E-state index contributed by atoms with van der Waals surface area (Å²) in [7, 11) is 0. The third kappa shape index (κ3) is 3.13. The second-order valence-corrected chi connectivity index (χ2v) is 5.54. The summed E-state index contributed by atoms with van der Waals surface area (Å²) in [5.74, 6) is -1.36. The number of carbonyl (C=O) groups is 2. The number of hydrogen-bond donors (Lipinski definition) is 3. The molecule has 102 valence electrons. The van der Waals surface area contributed by atoms with E-state index in [4.69, 9.17) is 10.8 Å². The van der Waals surface area contributed by atoms with Gasteiger partial charge in [-0.2, -0.15) is 0 Å². The summed E-state index contributed by atoms with van der Waals surface area (Å²) in [6.07, 6.45) is 2.61. The zero-order valence-electron chi connectivity index (χ0n) is 10.2. The van der Waals surface area contributed by atoms with Crippen LogP contribution in [0.1, 0.15) is 29.6 Å². The van der Waals surface area contributed by atoms with Crippen molar-refractivity contribution in [3.8, 4) is 0 Å². The highest BCUT2D eigenvalue weighted by Crippen LogP contribution is 2.26. The average Bonchev–Trinajstić information content (AvgIpc) is 2.77. The Morgan fingerprint density at radius 2 is 2.11 bits per heavy atom. The molecule has 1 aromatic carbocycles. The highest BCUT2D eigenvalue weighted by atomic mass is 79.9. The number of rotatable bonds is 3. The van der Waals surface area contributed by atoms with Crippen molar-refractivity contribution in [3.05, 3.63) is 28.2 Å². The molecule has 19 heavy (non-hydrogen) atoms. The minimum atomic E-state index is -1.04. The lowest BCUT2D eigenvalue weighted by atomic mass is 10.0. The number of amides is 1. The second kappa shape index (κ2) is 5.71. The Morgan fingerprint density at radius 3 is 2.68 bits per heavy atom. The molecule has 0 spiro atoms. The summed E-state index contributed by atoms with van der Waals surface area (Å²) < 4.78 is 0.482. The number of nitrogens with two attached hydrogens (primary N) is 1. The van der Waals surface area contributed by atoms with Gasteiger partial charge in [0.05, 0.1) is 11.5 Å². The van der Waals surface area contributed by atoms with Gasteiger partial charge in [-0.1, -0.05) is 6.42 Å². The quantitative estimate of drug-likeness (QED) is 0.794. The smallest absolute Gasteiger partial charge is 0.336 e. The molecule has 4 N–H and O–H groups in total. The Hall–Kier alpha value is -1.40. The van der Waals surface area contributed by atoms with Crippen molar-refractivity contribution >= 4 is 33.5 Å². The van der Waals surface area contributed by atoms with Crippen LogP contribution in [0.25, 0.3) is 0 Å². The number of anilines is 1. The maximum absolute atomic E-state index is 12.0. The molecule has 2 unspecified atom stereocenters. The van der Waals surface area contributed by atoms with E-state index in [2.05, 4.69) is 21.2 Å². The lowest BCUT2D eigenvalue weighted by Gasteiger charge is -2.15. The molecular weight excluding hydrogens is 312 g/mol. The Bertz CT molecular complexity index is 519. The van der Waals surface area contributed by atoms with Gasteiger partial charge in [-0.05, 0) is 47.0 Å². The van der Waals surface area contributed by atoms with Gasteiger partial charge in [-0.25, -0.2) is 4.79 Å². The summed E-state index contributed by atoms with van der Waals surface area (Å²) in [6.45, 7) is 0. The van der Waals surface area contributed by atoms with Crippen molar-refractivity contribution in [2.45, 2.75) is 25.3 Å². The minimum absolute atomic E-state index is 0.102. The molecule has 0 aliphatic heterocycles. The first kappa shape index (κ1) is 14.0. The molecule has 1 aliphatic rings. The van der Waals surface area contributed by atoms with Crippen LogP contribution >= 0.6 is 15.9 Å². The predicted molar refractivity (Wildman–Crippen MR) is 75.0 cm³/mol. The van der Waals surface area contributed by atoms with E-state index in [1.165, 1.54) is 6.07 Å². The van der Waals surface area contributed by atoms with Crippen LogP contribution in [0.2, 0.25) is 0 Å². The molecule has 0 bridgehead atoms. The maximum atomic E-state index is 12.0. The van der Waals surface area contributed by atoms with Gasteiger partial charge in [0.25, 0.3) is 0 Å². The highest BCUT2D eigenvalue weighted by Gasteiger charge is 2.30. The first-order valence-electron chi connectivity index (χ1n) is 6.08. The molecule has 1 fully saturated rings. The molecule has 1 amide bonds. The molecule has 0 radical (unpaired) electrons. The standard InChI is InChI=1S/C13H15BrN2O3/c14-10-5-4-7(6-9(10)13(18)19)16-12(17)8-2-1-3-11(8)15/h4-6,8,11H,1-3,15H2,(H,16,17)(H,18,19). The molecule has 0 heterocycles. The van der Waals surface area contributed by atoms with E-state index in [-0.39, 0.29) is 23.4 Å². The van der Waals surface area contributed by atoms with Crippen LogP contribution in [0, 0.1) is 5.92 Å². The minimum Gasteiger partial charge on any atom is -0.478 e. The van der Waals surface area contributed by atoms with Crippen molar-refractivity contribution in [2.75, 3.05) is 5.32 Å². The maximum Gasteiger partial charge on any atom is 0.336 e. The number of nitrogens with one attached hydrogen (secondary N) is 1. The van der Waals surface area contributed by atoms with E-state index in [1.807, 2.05) is 0 Å². The van der Waals surface area contributed by atoms with Crippen molar-refractivity contribution in [2.24, 2.45) is 11.7 Å². The lowest BCUT2D eigenvalue weighted by Crippen LogP contribution is -2.34. The summed E-state index contributed by atoms with van der Waals surface area (Å²) >= 11 is 3.16. The number of carboxylic acid groups (broad SMARTS) is 1. The SMILES string of the molecule is NC1CCCC1C(=O)Nc1ccc(Br)c(C(=O)O)c1. The van der Waals surface area contributed by atoms with Crippen LogP contribution in [-0.4, -0.2) is 23.0 Å². The molecule has 2 atom stereocenters. The summed E-state index contributed by atoms with van der Waals surface area (Å²) in [4.78, 5) is 23.0. The van der Waals surface area contributed by atoms with E-state index in [0.717, 1.165) is 19.3 Å². The number of aromatic carboxylic acids is 1. The van der Waals surface area contributed by atoms with Crippen LogP contribution in [0.15, 0.2) is 22.7 Å². The van der Waals surface area contributed by atoms with E-state index in [9.17, 15) is 9.59 Å². The third-order valence-corrected chi connectivity index (χ3v) is 4.06. The third-order valence-electron chi connectivity index (χ3n) is 3.37. The molecule has 1 saturated carbocycles. The van der Waals surface area contributed by atoms with Gasteiger partial charge in [0.2, 0.25) is 5.91 Å². The summed E-state index contributed by atoms with van der Waals surface area (Å²) in [5.41, 5.74) is 6.47. The van der Waals surface area contributed by atoms with Gasteiger partial charge in [0, 0.05) is 16.2 Å². The van der Waals surface area contributed by atoms with E-state index >= 15 is 0 Å². The van der Waals surface area contributed by atoms with Crippen LogP contribution in [-0.2, 0) is 4.79 Å². The lowest BCUT2D eigenvalue weighted by molar-refractivity contribution is -0.120. The Morgan fingerprint density at radius 1 is 1.37 bits per heavy atom. The molecule has 1 aliphatic carbocycles. The van der Waals surface area contributed by atoms with Crippen LogP contribution in [0.3, 0.4) is 0 Å². The van der Waals surface area contributed by atoms with Crippen molar-refractivity contribution < 1.29 is 14.7 Å². The normalized spacial score (nSPS) is 22.2. The number of hydrogen-bond acceptors (Lipinski definition) is 3. The molecule has 1 aromatic rings. The van der Waals surface area contributed by atoms with Gasteiger partial charge in [0.1, 0.15) is 0 Å². The van der Waals surface area contributed by atoms with Crippen molar-refractivity contribution in [3.63, 3.8) is 0 Å². The number of carboxylic acids is 1. The van der Waals surface area contributed by atoms with Crippen molar-refractivity contribution in [1.29, 1.82) is 0 Å². The zero-order valence-corrected chi connectivity index (χ0v) is 11.8. The van der Waals surface area contributed by atoms with Gasteiger partial charge in [-0.3, -0.25) is 4.79 Å². The number of carbonyl (C=O) groups excluding carboxylic acids is 1. The predicted octanol–water partition coefficient (Wildman–Crippen LogP) is 2.21. The van der Waals surface area contributed by atoms with Crippen LogP contribution < -0.4 is 11.1 Å². The van der Waals surface area contributed by atoms with Crippen LogP contribution in [0.5, 0.6) is 0 Å².